The molecule has 0 amide bonds. The molecule has 0 saturated heterocycles. The Hall–Kier alpha value is -2.08. The topological polar surface area (TPSA) is 76.7 Å². The van der Waals surface area contributed by atoms with Crippen LogP contribution in [0.25, 0.3) is 11.3 Å². The highest BCUT2D eigenvalue weighted by atomic mass is 79.9. The number of rotatable bonds is 3. The van der Waals surface area contributed by atoms with Crippen molar-refractivity contribution in [1.29, 1.82) is 0 Å². The molecule has 0 radical (unpaired) electrons. The summed E-state index contributed by atoms with van der Waals surface area (Å²) in [6.45, 7) is 0. The minimum atomic E-state index is -0.665. The van der Waals surface area contributed by atoms with Gasteiger partial charge in [-0.1, -0.05) is 15.9 Å². The Morgan fingerprint density at radius 2 is 2.16 bits per heavy atom. The number of aldehydes is 1. The molecule has 0 aliphatic rings. The van der Waals surface area contributed by atoms with Crippen LogP contribution in [0.2, 0.25) is 0 Å². The van der Waals surface area contributed by atoms with E-state index >= 15 is 0 Å². The molecule has 6 heteroatoms. The van der Waals surface area contributed by atoms with Crippen LogP contribution in [0.15, 0.2) is 33.2 Å². The molecule has 0 unspecified atom stereocenters. The van der Waals surface area contributed by atoms with Gasteiger partial charge in [0.1, 0.15) is 17.1 Å². The van der Waals surface area contributed by atoms with Crippen LogP contribution in [0.3, 0.4) is 0 Å². The van der Waals surface area contributed by atoms with Crippen molar-refractivity contribution < 1.29 is 23.8 Å². The summed E-state index contributed by atoms with van der Waals surface area (Å²) in [6.07, 6.45) is 0.555. The Balaban J connectivity index is 2.60. The lowest BCUT2D eigenvalue weighted by molar-refractivity contribution is 0.0597. The van der Waals surface area contributed by atoms with Crippen molar-refractivity contribution in [2.24, 2.45) is 0 Å². The zero-order chi connectivity index (χ0) is 14.0. The van der Waals surface area contributed by atoms with Gasteiger partial charge < -0.3 is 14.3 Å². The third-order valence-electron chi connectivity index (χ3n) is 2.49. The van der Waals surface area contributed by atoms with E-state index in [1.54, 1.807) is 6.07 Å². The number of hydrogen-bond donors (Lipinski definition) is 1. The van der Waals surface area contributed by atoms with Crippen molar-refractivity contribution in [2.75, 3.05) is 7.11 Å². The minimum Gasteiger partial charge on any atom is -0.506 e. The van der Waals surface area contributed by atoms with Gasteiger partial charge in [0.15, 0.2) is 12.0 Å². The second kappa shape index (κ2) is 5.27. The van der Waals surface area contributed by atoms with Crippen molar-refractivity contribution in [3.63, 3.8) is 0 Å². The molecule has 0 spiro atoms. The fraction of sp³-hybridized carbons (Fsp3) is 0.0769. The summed E-state index contributed by atoms with van der Waals surface area (Å²) in [4.78, 5) is 22.1. The van der Waals surface area contributed by atoms with Gasteiger partial charge in [-0.15, -0.1) is 0 Å². The van der Waals surface area contributed by atoms with Crippen LogP contribution >= 0.6 is 15.9 Å². The Morgan fingerprint density at radius 1 is 1.42 bits per heavy atom. The van der Waals surface area contributed by atoms with E-state index in [1.165, 1.54) is 25.3 Å². The van der Waals surface area contributed by atoms with Gasteiger partial charge in [-0.05, 0) is 24.3 Å². The lowest BCUT2D eigenvalue weighted by Gasteiger charge is -2.07. The SMILES string of the molecule is COC(=O)c1cc(Br)cc(-c2ccc(C=O)o2)c1O. The smallest absolute Gasteiger partial charge is 0.341 e. The molecule has 0 aliphatic carbocycles. The first-order valence-electron chi connectivity index (χ1n) is 5.23. The van der Waals surface area contributed by atoms with Crippen LogP contribution in [0, 0.1) is 0 Å². The van der Waals surface area contributed by atoms with Gasteiger partial charge in [0.25, 0.3) is 0 Å². The number of hydrogen-bond acceptors (Lipinski definition) is 5. The Morgan fingerprint density at radius 3 is 2.74 bits per heavy atom. The molecule has 1 aromatic heterocycles. The van der Waals surface area contributed by atoms with Gasteiger partial charge in [-0.2, -0.15) is 0 Å². The number of methoxy groups -OCH3 is 1. The van der Waals surface area contributed by atoms with Crippen LogP contribution in [-0.4, -0.2) is 24.5 Å². The summed E-state index contributed by atoms with van der Waals surface area (Å²) in [5.74, 6) is -0.510. The van der Waals surface area contributed by atoms with E-state index in [1.807, 2.05) is 0 Å². The molecule has 98 valence electrons. The number of carbonyl (C=O) groups excluding carboxylic acids is 2. The molecule has 1 aromatic carbocycles. The number of benzene rings is 1. The highest BCUT2D eigenvalue weighted by molar-refractivity contribution is 9.10. The van der Waals surface area contributed by atoms with Crippen LogP contribution in [0.4, 0.5) is 0 Å². The van der Waals surface area contributed by atoms with Crippen LogP contribution in [0.5, 0.6) is 5.75 Å². The fourth-order valence-corrected chi connectivity index (χ4v) is 2.07. The molecule has 1 N–H and O–H groups in total. The normalized spacial score (nSPS) is 10.2. The van der Waals surface area contributed by atoms with E-state index in [9.17, 15) is 14.7 Å². The number of esters is 1. The van der Waals surface area contributed by atoms with Crippen molar-refractivity contribution in [1.82, 2.24) is 0 Å². The first-order valence-corrected chi connectivity index (χ1v) is 6.02. The van der Waals surface area contributed by atoms with Crippen molar-refractivity contribution in [3.8, 4) is 17.1 Å². The molecule has 0 fully saturated rings. The zero-order valence-electron chi connectivity index (χ0n) is 9.84. The fourth-order valence-electron chi connectivity index (χ4n) is 1.61. The highest BCUT2D eigenvalue weighted by Gasteiger charge is 2.19. The third-order valence-corrected chi connectivity index (χ3v) is 2.95. The van der Waals surface area contributed by atoms with Crippen molar-refractivity contribution in [2.45, 2.75) is 0 Å². The summed E-state index contributed by atoms with van der Waals surface area (Å²) in [5.41, 5.74) is 0.304. The molecule has 0 aliphatic heterocycles. The molecular formula is C13H9BrO5. The summed E-state index contributed by atoms with van der Waals surface area (Å²) in [7, 11) is 1.22. The van der Waals surface area contributed by atoms with E-state index in [-0.39, 0.29) is 22.8 Å². The molecule has 5 nitrogen and oxygen atoms in total. The van der Waals surface area contributed by atoms with Gasteiger partial charge in [-0.25, -0.2) is 4.79 Å². The first-order chi connectivity index (χ1) is 9.06. The largest absolute Gasteiger partial charge is 0.506 e. The number of phenols is 1. The lowest BCUT2D eigenvalue weighted by Crippen LogP contribution is -2.02. The van der Waals surface area contributed by atoms with E-state index in [0.717, 1.165) is 0 Å². The first kappa shape index (κ1) is 13.4. The number of halogens is 1. The second-order valence-corrected chi connectivity index (χ2v) is 4.58. The maximum atomic E-state index is 11.5. The number of aromatic hydroxyl groups is 1. The van der Waals surface area contributed by atoms with Crippen molar-refractivity contribution >= 4 is 28.2 Å². The van der Waals surface area contributed by atoms with E-state index in [2.05, 4.69) is 20.7 Å². The Bertz CT molecular complexity index is 644. The number of ether oxygens (including phenoxy) is 1. The lowest BCUT2D eigenvalue weighted by atomic mass is 10.1. The molecule has 2 aromatic rings. The van der Waals surface area contributed by atoms with E-state index in [4.69, 9.17) is 4.42 Å². The average molecular weight is 325 g/mol. The number of phenolic OH excluding ortho intramolecular Hbond substituents is 1. The standard InChI is InChI=1S/C13H9BrO5/c1-18-13(17)10-5-7(14)4-9(12(10)16)11-3-2-8(6-15)19-11/h2-6,16H,1H3. The molecule has 0 atom stereocenters. The number of carbonyl (C=O) groups is 2. The molecule has 2 rings (SSSR count). The maximum absolute atomic E-state index is 11.5. The summed E-state index contributed by atoms with van der Waals surface area (Å²) < 4.78 is 10.4. The molecule has 1 heterocycles. The van der Waals surface area contributed by atoms with Crippen LogP contribution in [0.1, 0.15) is 20.9 Å². The Kier molecular flexibility index (Phi) is 3.71. The van der Waals surface area contributed by atoms with E-state index < -0.39 is 5.97 Å². The zero-order valence-corrected chi connectivity index (χ0v) is 11.4. The van der Waals surface area contributed by atoms with Gasteiger partial charge in [0.05, 0.1) is 12.7 Å². The third kappa shape index (κ3) is 2.53. The highest BCUT2D eigenvalue weighted by Crippen LogP contribution is 2.36. The average Bonchev–Trinajstić information content (AvgIpc) is 2.88. The van der Waals surface area contributed by atoms with Gasteiger partial charge in [0, 0.05) is 4.47 Å². The van der Waals surface area contributed by atoms with Gasteiger partial charge in [0.2, 0.25) is 0 Å². The molecular weight excluding hydrogens is 316 g/mol. The predicted molar refractivity (Wildman–Crippen MR) is 70.2 cm³/mol. The quantitative estimate of drug-likeness (QED) is 0.693. The van der Waals surface area contributed by atoms with Gasteiger partial charge in [-0.3, -0.25) is 4.79 Å². The van der Waals surface area contributed by atoms with E-state index in [0.29, 0.717) is 16.3 Å². The second-order valence-electron chi connectivity index (χ2n) is 3.66. The van der Waals surface area contributed by atoms with Crippen LogP contribution in [-0.2, 0) is 4.74 Å². The van der Waals surface area contributed by atoms with Crippen molar-refractivity contribution in [3.05, 3.63) is 40.1 Å². The predicted octanol–water partition coefficient (Wildman–Crippen LogP) is 3.01. The number of furan rings is 1. The maximum Gasteiger partial charge on any atom is 0.341 e. The Labute approximate surface area is 116 Å². The monoisotopic (exact) mass is 324 g/mol. The molecule has 0 saturated carbocycles. The molecule has 19 heavy (non-hydrogen) atoms. The van der Waals surface area contributed by atoms with Gasteiger partial charge >= 0.3 is 5.97 Å². The summed E-state index contributed by atoms with van der Waals surface area (Å²) >= 11 is 3.24. The summed E-state index contributed by atoms with van der Waals surface area (Å²) in [5, 5.41) is 10.1. The molecule has 0 bridgehead atoms. The van der Waals surface area contributed by atoms with Crippen LogP contribution < -0.4 is 0 Å². The summed E-state index contributed by atoms with van der Waals surface area (Å²) in [6, 6.07) is 6.02. The minimum absolute atomic E-state index is 0.0101.